The highest BCUT2D eigenvalue weighted by molar-refractivity contribution is 6.02. The van der Waals surface area contributed by atoms with Gasteiger partial charge in [0.05, 0.1) is 17.7 Å². The number of nitrogens with one attached hydrogen (secondary N) is 2. The normalized spacial score (nSPS) is 13.0. The van der Waals surface area contributed by atoms with E-state index in [-0.39, 0.29) is 29.8 Å². The average Bonchev–Trinajstić information content (AvgIpc) is 3.33. The lowest BCUT2D eigenvalue weighted by Gasteiger charge is -2.08. The van der Waals surface area contributed by atoms with Gasteiger partial charge in [-0.05, 0) is 60.9 Å². The molecule has 0 unspecified atom stereocenters. The molecule has 1 aliphatic rings. The molecule has 0 atom stereocenters. The molecule has 2 aromatic carbocycles. The van der Waals surface area contributed by atoms with Gasteiger partial charge in [0.2, 0.25) is 0 Å². The molecule has 2 aromatic heterocycles. The van der Waals surface area contributed by atoms with Gasteiger partial charge >= 0.3 is 6.03 Å². The number of phenols is 1. The Morgan fingerprint density at radius 2 is 1.91 bits per heavy atom. The number of aromatic nitrogens is 2. The van der Waals surface area contributed by atoms with Crippen molar-refractivity contribution in [1.29, 1.82) is 0 Å². The quantitative estimate of drug-likeness (QED) is 0.380. The lowest BCUT2D eigenvalue weighted by molar-refractivity contribution is 0.0996. The molecule has 172 valence electrons. The van der Waals surface area contributed by atoms with E-state index in [9.17, 15) is 19.1 Å². The number of amides is 2. The molecule has 0 bridgehead atoms. The second-order valence-corrected chi connectivity index (χ2v) is 8.09. The fourth-order valence-corrected chi connectivity index (χ4v) is 3.64. The van der Waals surface area contributed by atoms with Crippen LogP contribution in [0.5, 0.6) is 5.75 Å². The summed E-state index contributed by atoms with van der Waals surface area (Å²) in [5.41, 5.74) is 2.80. The third-order valence-corrected chi connectivity index (χ3v) is 5.56. The highest BCUT2D eigenvalue weighted by atomic mass is 19.1. The van der Waals surface area contributed by atoms with Crippen molar-refractivity contribution >= 4 is 17.6 Å². The topological polar surface area (TPSA) is 109 Å². The first-order valence-electron chi connectivity index (χ1n) is 10.8. The molecule has 2 amide bonds. The molecule has 3 N–H and O–H groups in total. The second kappa shape index (κ2) is 8.86. The minimum Gasteiger partial charge on any atom is -0.507 e. The number of hydrogen-bond acceptors (Lipinski definition) is 5. The monoisotopic (exact) mass is 460 g/mol. The van der Waals surface area contributed by atoms with E-state index in [2.05, 4.69) is 15.7 Å². The first-order valence-corrected chi connectivity index (χ1v) is 10.8. The van der Waals surface area contributed by atoms with Crippen LogP contribution in [0.2, 0.25) is 0 Å². The number of furan rings is 1. The number of benzene rings is 2. The summed E-state index contributed by atoms with van der Waals surface area (Å²) in [5, 5.41) is 20.5. The number of aromatic hydroxyl groups is 1. The molecule has 2 heterocycles. The van der Waals surface area contributed by atoms with Gasteiger partial charge < -0.3 is 20.2 Å². The standard InChI is InChI=1S/C25H21FN4O4/c26-17-7-3-15(4-8-17)14-27-25(33)30-21(16-5-6-16)13-20(29-30)19-10-9-18(12-22(19)31)28-24(32)23-2-1-11-34-23/h1-4,7-13,16,31H,5-6,14H2,(H,27,33)(H,28,32). The molecule has 8 nitrogen and oxygen atoms in total. The highest BCUT2D eigenvalue weighted by Crippen LogP contribution is 2.42. The Hall–Kier alpha value is -4.40. The minimum absolute atomic E-state index is 0.0871. The van der Waals surface area contributed by atoms with E-state index in [0.717, 1.165) is 24.1 Å². The third-order valence-electron chi connectivity index (χ3n) is 5.56. The van der Waals surface area contributed by atoms with Crippen molar-refractivity contribution < 1.29 is 23.5 Å². The Morgan fingerprint density at radius 3 is 2.59 bits per heavy atom. The molecule has 0 spiro atoms. The molecular formula is C25H21FN4O4. The van der Waals surface area contributed by atoms with Crippen LogP contribution in [0.1, 0.15) is 40.6 Å². The molecule has 4 aromatic rings. The average molecular weight is 460 g/mol. The molecule has 0 saturated heterocycles. The van der Waals surface area contributed by atoms with Crippen LogP contribution in [0, 0.1) is 5.82 Å². The zero-order valence-corrected chi connectivity index (χ0v) is 18.0. The number of anilines is 1. The zero-order chi connectivity index (χ0) is 23.7. The molecule has 1 fully saturated rings. The van der Waals surface area contributed by atoms with Crippen LogP contribution in [0.4, 0.5) is 14.9 Å². The van der Waals surface area contributed by atoms with Gasteiger partial charge in [-0.25, -0.2) is 9.18 Å². The Labute approximate surface area is 194 Å². The predicted octanol–water partition coefficient (Wildman–Crippen LogP) is 4.88. The maximum Gasteiger partial charge on any atom is 0.342 e. The van der Waals surface area contributed by atoms with Crippen LogP contribution in [-0.2, 0) is 6.54 Å². The first kappa shape index (κ1) is 21.4. The summed E-state index contributed by atoms with van der Waals surface area (Å²) in [7, 11) is 0. The van der Waals surface area contributed by atoms with E-state index in [0.29, 0.717) is 16.9 Å². The molecule has 9 heteroatoms. The highest BCUT2D eigenvalue weighted by Gasteiger charge is 2.30. The second-order valence-electron chi connectivity index (χ2n) is 8.09. The molecule has 5 rings (SSSR count). The van der Waals surface area contributed by atoms with Crippen molar-refractivity contribution in [1.82, 2.24) is 15.1 Å². The van der Waals surface area contributed by atoms with Crippen LogP contribution >= 0.6 is 0 Å². The van der Waals surface area contributed by atoms with E-state index in [1.807, 2.05) is 0 Å². The first-order chi connectivity index (χ1) is 16.5. The molecule has 0 radical (unpaired) electrons. The molecule has 1 aliphatic carbocycles. The van der Waals surface area contributed by atoms with E-state index in [1.54, 1.807) is 36.4 Å². The summed E-state index contributed by atoms with van der Waals surface area (Å²) >= 11 is 0. The number of halogens is 1. The Balaban J connectivity index is 1.34. The van der Waals surface area contributed by atoms with Gasteiger partial charge in [0.1, 0.15) is 11.6 Å². The number of rotatable bonds is 6. The Kier molecular flexibility index (Phi) is 5.59. The lowest BCUT2D eigenvalue weighted by Crippen LogP contribution is -2.30. The molecule has 34 heavy (non-hydrogen) atoms. The van der Waals surface area contributed by atoms with E-state index >= 15 is 0 Å². The van der Waals surface area contributed by atoms with Crippen molar-refractivity contribution in [2.24, 2.45) is 0 Å². The SMILES string of the molecule is O=C(Nc1ccc(-c2cc(C3CC3)n(C(=O)NCc3ccc(F)cc3)n2)c(O)c1)c1ccco1. The van der Waals surface area contributed by atoms with Gasteiger partial charge in [0, 0.05) is 29.8 Å². The fourth-order valence-electron chi connectivity index (χ4n) is 3.64. The maximum absolute atomic E-state index is 13.1. The minimum atomic E-state index is -0.435. The van der Waals surface area contributed by atoms with Gasteiger partial charge in [0.15, 0.2) is 5.76 Å². The summed E-state index contributed by atoms with van der Waals surface area (Å²) < 4.78 is 19.5. The molecular weight excluding hydrogens is 439 g/mol. The van der Waals surface area contributed by atoms with Crippen molar-refractivity contribution in [3.05, 3.63) is 89.8 Å². The predicted molar refractivity (Wildman–Crippen MR) is 122 cm³/mol. The smallest absolute Gasteiger partial charge is 0.342 e. The fraction of sp³-hybridized carbons (Fsp3) is 0.160. The van der Waals surface area contributed by atoms with Crippen molar-refractivity contribution in [2.75, 3.05) is 5.32 Å². The van der Waals surface area contributed by atoms with Crippen molar-refractivity contribution in [3.63, 3.8) is 0 Å². The molecule has 1 saturated carbocycles. The van der Waals surface area contributed by atoms with Crippen molar-refractivity contribution in [2.45, 2.75) is 25.3 Å². The number of phenolic OH excluding ortho intramolecular Hbond substituents is 1. The van der Waals surface area contributed by atoms with Crippen LogP contribution in [0.3, 0.4) is 0 Å². The van der Waals surface area contributed by atoms with Gasteiger partial charge in [0.25, 0.3) is 5.91 Å². The summed E-state index contributed by atoms with van der Waals surface area (Å²) in [4.78, 5) is 25.0. The summed E-state index contributed by atoms with van der Waals surface area (Å²) in [6, 6.07) is 15.1. The summed E-state index contributed by atoms with van der Waals surface area (Å²) in [5.74, 6) is -0.477. The van der Waals surface area contributed by atoms with E-state index < -0.39 is 11.9 Å². The van der Waals surface area contributed by atoms with Crippen LogP contribution in [0.15, 0.2) is 71.3 Å². The summed E-state index contributed by atoms with van der Waals surface area (Å²) in [6.07, 6.45) is 3.32. The number of carbonyl (C=O) groups excluding carboxylic acids is 2. The lowest BCUT2D eigenvalue weighted by atomic mass is 10.1. The van der Waals surface area contributed by atoms with Crippen molar-refractivity contribution in [3.8, 4) is 17.0 Å². The number of nitrogens with zero attached hydrogens (tertiary/aromatic N) is 2. The molecule has 0 aliphatic heterocycles. The van der Waals surface area contributed by atoms with E-state index in [1.165, 1.54) is 35.2 Å². The van der Waals surface area contributed by atoms with Gasteiger partial charge in [-0.15, -0.1) is 0 Å². The number of carbonyl (C=O) groups is 2. The third kappa shape index (κ3) is 4.54. The van der Waals surface area contributed by atoms with Crippen LogP contribution < -0.4 is 10.6 Å². The largest absolute Gasteiger partial charge is 0.507 e. The maximum atomic E-state index is 13.1. The Morgan fingerprint density at radius 1 is 1.12 bits per heavy atom. The van der Waals surface area contributed by atoms with E-state index in [4.69, 9.17) is 4.42 Å². The number of hydrogen-bond donors (Lipinski definition) is 3. The van der Waals surface area contributed by atoms with Gasteiger partial charge in [-0.3, -0.25) is 4.79 Å². The Bertz CT molecular complexity index is 1340. The van der Waals surface area contributed by atoms with Crippen LogP contribution in [-0.4, -0.2) is 26.8 Å². The van der Waals surface area contributed by atoms with Crippen LogP contribution in [0.25, 0.3) is 11.3 Å². The van der Waals surface area contributed by atoms with Gasteiger partial charge in [-0.2, -0.15) is 9.78 Å². The summed E-state index contributed by atoms with van der Waals surface area (Å²) in [6.45, 7) is 0.230. The van der Waals surface area contributed by atoms with Gasteiger partial charge in [-0.1, -0.05) is 12.1 Å². The zero-order valence-electron chi connectivity index (χ0n) is 18.0.